The molecule has 2 N–H and O–H groups in total. The number of rotatable bonds is 0. The maximum Gasteiger partial charge on any atom is 0.335 e. The van der Waals surface area contributed by atoms with Gasteiger partial charge in [-0.3, -0.25) is 9.36 Å². The summed E-state index contributed by atoms with van der Waals surface area (Å²) in [6, 6.07) is 1.16. The van der Waals surface area contributed by atoms with Gasteiger partial charge in [-0.05, 0) is 0 Å². The lowest BCUT2D eigenvalue weighted by Gasteiger charge is -2.21. The Hall–Kier alpha value is -1.64. The Kier molecular flexibility index (Phi) is 2.34. The molecule has 8 heteroatoms. The van der Waals surface area contributed by atoms with E-state index in [4.69, 9.17) is 9.47 Å². The van der Waals surface area contributed by atoms with Crippen LogP contribution >= 0.6 is 0 Å². The standard InChI is InChI=1S/C10H12N2O6/c1-11-5(13)2-6-12(10(11)16)9-8(15)7(14)4(18-9)3-17-6/h2,4,7-9,14-15H,3H2,1H3. The van der Waals surface area contributed by atoms with Gasteiger partial charge in [-0.15, -0.1) is 0 Å². The monoisotopic (exact) mass is 256 g/mol. The second-order valence-corrected chi connectivity index (χ2v) is 4.39. The molecule has 4 atom stereocenters. The molecule has 1 aromatic heterocycles. The molecule has 0 saturated carbocycles. The third-order valence-electron chi connectivity index (χ3n) is 3.30. The van der Waals surface area contributed by atoms with E-state index in [1.807, 2.05) is 0 Å². The van der Waals surface area contributed by atoms with Crippen LogP contribution in [0.15, 0.2) is 15.7 Å². The summed E-state index contributed by atoms with van der Waals surface area (Å²) in [5, 5.41) is 19.5. The topological polar surface area (TPSA) is 103 Å². The van der Waals surface area contributed by atoms with E-state index in [-0.39, 0.29) is 12.5 Å². The predicted molar refractivity (Wildman–Crippen MR) is 57.4 cm³/mol. The Bertz CT molecular complexity index is 605. The Labute approximate surface area is 101 Å². The lowest BCUT2D eigenvalue weighted by Crippen LogP contribution is -2.44. The highest BCUT2D eigenvalue weighted by atomic mass is 16.6. The molecular weight excluding hydrogens is 244 g/mol. The lowest BCUT2D eigenvalue weighted by atomic mass is 10.1. The molecule has 2 aliphatic heterocycles. The third-order valence-corrected chi connectivity index (χ3v) is 3.30. The number of fused-ring (bicyclic) bond motifs is 4. The van der Waals surface area contributed by atoms with Crippen molar-refractivity contribution in [3.63, 3.8) is 0 Å². The molecule has 8 nitrogen and oxygen atoms in total. The summed E-state index contributed by atoms with van der Waals surface area (Å²) in [5.41, 5.74) is -1.16. The van der Waals surface area contributed by atoms with Gasteiger partial charge in [0.1, 0.15) is 24.9 Å². The first-order chi connectivity index (χ1) is 8.50. The van der Waals surface area contributed by atoms with Crippen molar-refractivity contribution in [1.82, 2.24) is 9.13 Å². The molecule has 1 saturated heterocycles. The zero-order valence-electron chi connectivity index (χ0n) is 9.52. The second-order valence-electron chi connectivity index (χ2n) is 4.39. The Morgan fingerprint density at radius 3 is 2.78 bits per heavy atom. The highest BCUT2D eigenvalue weighted by Gasteiger charge is 2.47. The number of nitrogens with zero attached hydrogens (tertiary/aromatic N) is 2. The zero-order valence-corrected chi connectivity index (χ0v) is 9.52. The minimum atomic E-state index is -1.23. The first-order valence-electron chi connectivity index (χ1n) is 5.47. The van der Waals surface area contributed by atoms with E-state index in [1.54, 1.807) is 0 Å². The molecule has 0 amide bonds. The maximum absolute atomic E-state index is 12.0. The Balaban J connectivity index is 2.24. The summed E-state index contributed by atoms with van der Waals surface area (Å²) < 4.78 is 12.6. The van der Waals surface area contributed by atoms with Gasteiger partial charge in [0.25, 0.3) is 5.56 Å². The van der Waals surface area contributed by atoms with Gasteiger partial charge < -0.3 is 19.7 Å². The molecule has 0 spiro atoms. The second kappa shape index (κ2) is 3.67. The van der Waals surface area contributed by atoms with Crippen LogP contribution in [0.4, 0.5) is 0 Å². The summed E-state index contributed by atoms with van der Waals surface area (Å²) in [4.78, 5) is 23.5. The smallest absolute Gasteiger partial charge is 0.335 e. The van der Waals surface area contributed by atoms with E-state index in [1.165, 1.54) is 7.05 Å². The summed E-state index contributed by atoms with van der Waals surface area (Å²) in [5.74, 6) is 0.0431. The molecule has 98 valence electrons. The highest BCUT2D eigenvalue weighted by Crippen LogP contribution is 2.33. The number of aliphatic hydroxyl groups excluding tert-OH is 2. The van der Waals surface area contributed by atoms with Gasteiger partial charge in [0.05, 0.1) is 6.07 Å². The van der Waals surface area contributed by atoms with Gasteiger partial charge in [-0.1, -0.05) is 0 Å². The minimum absolute atomic E-state index is 0.0265. The van der Waals surface area contributed by atoms with Gasteiger partial charge >= 0.3 is 5.69 Å². The third kappa shape index (κ3) is 1.36. The average Bonchev–Trinajstić information content (AvgIpc) is 2.54. The fourth-order valence-electron chi connectivity index (χ4n) is 2.22. The molecule has 3 heterocycles. The fourth-order valence-corrected chi connectivity index (χ4v) is 2.22. The fraction of sp³-hybridized carbons (Fsp3) is 0.600. The van der Waals surface area contributed by atoms with Crippen LogP contribution in [0.25, 0.3) is 0 Å². The Morgan fingerprint density at radius 2 is 2.06 bits per heavy atom. The van der Waals surface area contributed by atoms with E-state index >= 15 is 0 Å². The van der Waals surface area contributed by atoms with Crippen LogP contribution < -0.4 is 16.0 Å². The van der Waals surface area contributed by atoms with Gasteiger partial charge in [0.2, 0.25) is 5.88 Å². The zero-order chi connectivity index (χ0) is 13.0. The quantitative estimate of drug-likeness (QED) is 0.534. The van der Waals surface area contributed by atoms with E-state index in [0.29, 0.717) is 0 Å². The largest absolute Gasteiger partial charge is 0.476 e. The minimum Gasteiger partial charge on any atom is -0.476 e. The van der Waals surface area contributed by atoms with Crippen molar-refractivity contribution in [2.75, 3.05) is 6.61 Å². The van der Waals surface area contributed by atoms with E-state index < -0.39 is 35.8 Å². The molecule has 4 unspecified atom stereocenters. The lowest BCUT2D eigenvalue weighted by molar-refractivity contribution is -0.0342. The van der Waals surface area contributed by atoms with Crippen LogP contribution in [0.2, 0.25) is 0 Å². The van der Waals surface area contributed by atoms with Crippen molar-refractivity contribution in [3.05, 3.63) is 26.9 Å². The maximum atomic E-state index is 12.0. The van der Waals surface area contributed by atoms with E-state index in [2.05, 4.69) is 0 Å². The van der Waals surface area contributed by atoms with Crippen molar-refractivity contribution in [3.8, 4) is 5.88 Å². The Morgan fingerprint density at radius 1 is 1.33 bits per heavy atom. The predicted octanol–water partition coefficient (Wildman–Crippen LogP) is -2.44. The molecule has 2 bridgehead atoms. The van der Waals surface area contributed by atoms with Crippen LogP contribution in [0.5, 0.6) is 5.88 Å². The first-order valence-corrected chi connectivity index (χ1v) is 5.47. The summed E-state index contributed by atoms with van der Waals surface area (Å²) >= 11 is 0. The molecule has 2 aliphatic rings. The van der Waals surface area contributed by atoms with Crippen molar-refractivity contribution in [2.45, 2.75) is 24.5 Å². The molecule has 3 rings (SSSR count). The number of ether oxygens (including phenoxy) is 2. The van der Waals surface area contributed by atoms with Crippen LogP contribution in [0, 0.1) is 0 Å². The highest BCUT2D eigenvalue weighted by molar-refractivity contribution is 5.13. The van der Waals surface area contributed by atoms with Crippen molar-refractivity contribution >= 4 is 0 Å². The molecule has 1 aromatic rings. The van der Waals surface area contributed by atoms with Gasteiger partial charge in [0, 0.05) is 7.05 Å². The number of hydrogen-bond acceptors (Lipinski definition) is 6. The van der Waals surface area contributed by atoms with E-state index in [9.17, 15) is 19.8 Å². The summed E-state index contributed by atoms with van der Waals surface area (Å²) in [6.45, 7) is -0.0265. The average molecular weight is 256 g/mol. The van der Waals surface area contributed by atoms with Crippen molar-refractivity contribution in [2.24, 2.45) is 7.05 Å². The molecule has 18 heavy (non-hydrogen) atoms. The SMILES string of the molecule is Cn1c(=O)cc2n(c1=O)C1OC(CO2)C(O)C1O. The van der Waals surface area contributed by atoms with Crippen LogP contribution in [-0.4, -0.2) is 44.3 Å². The first kappa shape index (κ1) is 11.5. The van der Waals surface area contributed by atoms with Crippen LogP contribution in [0.3, 0.4) is 0 Å². The van der Waals surface area contributed by atoms with Crippen LogP contribution in [0.1, 0.15) is 6.23 Å². The number of hydrogen-bond donors (Lipinski definition) is 2. The number of aliphatic hydroxyl groups is 2. The molecule has 0 aromatic carbocycles. The molecule has 0 aliphatic carbocycles. The molecule has 0 radical (unpaired) electrons. The molecular formula is C10H12N2O6. The van der Waals surface area contributed by atoms with Crippen molar-refractivity contribution < 1.29 is 19.7 Å². The summed E-state index contributed by atoms with van der Waals surface area (Å²) in [6.07, 6.45) is -4.10. The van der Waals surface area contributed by atoms with Gasteiger partial charge in [0.15, 0.2) is 6.23 Å². The van der Waals surface area contributed by atoms with Crippen molar-refractivity contribution in [1.29, 1.82) is 0 Å². The normalized spacial score (nSPS) is 33.7. The van der Waals surface area contributed by atoms with E-state index in [0.717, 1.165) is 15.2 Å². The van der Waals surface area contributed by atoms with Crippen LogP contribution in [-0.2, 0) is 11.8 Å². The summed E-state index contributed by atoms with van der Waals surface area (Å²) in [7, 11) is 1.32. The van der Waals surface area contributed by atoms with Gasteiger partial charge in [-0.2, -0.15) is 0 Å². The molecule has 1 fully saturated rings. The van der Waals surface area contributed by atoms with Gasteiger partial charge in [-0.25, -0.2) is 9.36 Å². The number of aromatic nitrogens is 2.